The van der Waals surface area contributed by atoms with E-state index in [0.29, 0.717) is 24.2 Å². The highest BCUT2D eigenvalue weighted by molar-refractivity contribution is 6.27. The van der Waals surface area contributed by atoms with Gasteiger partial charge in [0.05, 0.1) is 18.7 Å². The van der Waals surface area contributed by atoms with Gasteiger partial charge in [0.15, 0.2) is 0 Å². The molecular weight excluding hydrogens is 429 g/mol. The Labute approximate surface area is 173 Å². The number of benzene rings is 1. The van der Waals surface area contributed by atoms with E-state index in [1.54, 1.807) is 11.0 Å². The van der Waals surface area contributed by atoms with Crippen LogP contribution in [0.1, 0.15) is 28.2 Å². The lowest BCUT2D eigenvalue weighted by Crippen LogP contribution is -2.56. The van der Waals surface area contributed by atoms with E-state index >= 15 is 0 Å². The SMILES string of the molecule is O=C(CCl)N[C@@H]1CCOC[C@H]1N1Cc2ccc(-c3noc(C(F)(F)F)n3)cc2C1=O. The molecule has 3 heterocycles. The molecule has 4 rings (SSSR count). The number of hydrogen-bond acceptors (Lipinski definition) is 6. The van der Waals surface area contributed by atoms with Gasteiger partial charge in [-0.25, -0.2) is 0 Å². The maximum atomic E-state index is 13.0. The monoisotopic (exact) mass is 444 g/mol. The fraction of sp³-hybridized carbons (Fsp3) is 0.444. The normalized spacial score (nSPS) is 21.6. The van der Waals surface area contributed by atoms with Crippen LogP contribution in [0, 0.1) is 0 Å². The van der Waals surface area contributed by atoms with Crippen LogP contribution in [-0.2, 0) is 22.3 Å². The number of carbonyl (C=O) groups excluding carboxylic acids is 2. The third-order valence-corrected chi connectivity index (χ3v) is 5.31. The van der Waals surface area contributed by atoms with Gasteiger partial charge in [-0.15, -0.1) is 11.6 Å². The fourth-order valence-electron chi connectivity index (χ4n) is 3.63. The lowest BCUT2D eigenvalue weighted by molar-refractivity contribution is -0.159. The molecule has 0 spiro atoms. The summed E-state index contributed by atoms with van der Waals surface area (Å²) in [5, 5.41) is 6.17. The van der Waals surface area contributed by atoms with Crippen LogP contribution in [0.4, 0.5) is 13.2 Å². The number of ether oxygens (including phenoxy) is 1. The molecule has 2 atom stereocenters. The number of rotatable bonds is 4. The largest absolute Gasteiger partial charge is 0.471 e. The third-order valence-electron chi connectivity index (χ3n) is 5.06. The first kappa shape index (κ1) is 20.6. The summed E-state index contributed by atoms with van der Waals surface area (Å²) in [5.74, 6) is -2.55. The molecule has 0 saturated carbocycles. The second-order valence-corrected chi connectivity index (χ2v) is 7.23. The number of fused-ring (bicyclic) bond motifs is 1. The van der Waals surface area contributed by atoms with Gasteiger partial charge >= 0.3 is 12.1 Å². The van der Waals surface area contributed by atoms with E-state index in [0.717, 1.165) is 0 Å². The standard InChI is InChI=1S/C18H16ClF3N4O4/c19-6-14(27)23-12-3-4-29-8-13(12)26-7-10-2-1-9(5-11(10)16(26)28)15-24-17(30-25-15)18(20,21)22/h1-2,5,12-13H,3-4,6-8H2,(H,23,27)/t12-,13-/m1/s1. The highest BCUT2D eigenvalue weighted by Gasteiger charge is 2.40. The van der Waals surface area contributed by atoms with Crippen molar-refractivity contribution in [2.45, 2.75) is 31.2 Å². The van der Waals surface area contributed by atoms with Crippen molar-refractivity contribution in [3.05, 3.63) is 35.2 Å². The summed E-state index contributed by atoms with van der Waals surface area (Å²) in [4.78, 5) is 29.7. The van der Waals surface area contributed by atoms with Crippen LogP contribution in [0.15, 0.2) is 22.7 Å². The van der Waals surface area contributed by atoms with Crippen molar-refractivity contribution >= 4 is 23.4 Å². The summed E-state index contributed by atoms with van der Waals surface area (Å²) in [6.07, 6.45) is -4.22. The maximum Gasteiger partial charge on any atom is 0.471 e. The van der Waals surface area contributed by atoms with Gasteiger partial charge in [0.2, 0.25) is 11.7 Å². The topological polar surface area (TPSA) is 97.6 Å². The second kappa shape index (κ2) is 7.88. The Morgan fingerprint density at radius 3 is 2.87 bits per heavy atom. The molecule has 1 aromatic heterocycles. The first-order chi connectivity index (χ1) is 14.3. The van der Waals surface area contributed by atoms with Crippen LogP contribution in [0.2, 0.25) is 0 Å². The molecule has 1 aromatic carbocycles. The Hall–Kier alpha value is -2.66. The number of aromatic nitrogens is 2. The van der Waals surface area contributed by atoms with Crippen molar-refractivity contribution in [3.8, 4) is 11.4 Å². The molecule has 2 amide bonds. The summed E-state index contributed by atoms with van der Waals surface area (Å²) in [5.41, 5.74) is 1.27. The molecule has 0 bridgehead atoms. The minimum Gasteiger partial charge on any atom is -0.379 e. The second-order valence-electron chi connectivity index (χ2n) is 6.96. The predicted molar refractivity (Wildman–Crippen MR) is 96.5 cm³/mol. The van der Waals surface area contributed by atoms with Crippen LogP contribution >= 0.6 is 11.6 Å². The van der Waals surface area contributed by atoms with Crippen LogP contribution < -0.4 is 5.32 Å². The van der Waals surface area contributed by atoms with E-state index in [1.165, 1.54) is 12.1 Å². The number of nitrogens with zero attached hydrogens (tertiary/aromatic N) is 3. The zero-order valence-corrected chi connectivity index (χ0v) is 16.2. The number of carbonyl (C=O) groups is 2. The molecular formula is C18H16ClF3N4O4. The summed E-state index contributed by atoms with van der Waals surface area (Å²) in [6.45, 7) is 0.984. The van der Waals surface area contributed by atoms with Crippen LogP contribution in [-0.4, -0.2) is 58.0 Å². The van der Waals surface area contributed by atoms with Gasteiger partial charge in [0.1, 0.15) is 5.88 Å². The molecule has 1 N–H and O–H groups in total. The smallest absolute Gasteiger partial charge is 0.379 e. The van der Waals surface area contributed by atoms with Gasteiger partial charge in [-0.05, 0) is 18.1 Å². The first-order valence-electron chi connectivity index (χ1n) is 9.06. The zero-order chi connectivity index (χ0) is 21.5. The highest BCUT2D eigenvalue weighted by atomic mass is 35.5. The Kier molecular flexibility index (Phi) is 5.41. The van der Waals surface area contributed by atoms with E-state index in [2.05, 4.69) is 20.0 Å². The van der Waals surface area contributed by atoms with E-state index in [9.17, 15) is 22.8 Å². The molecule has 2 aromatic rings. The Morgan fingerprint density at radius 2 is 2.17 bits per heavy atom. The van der Waals surface area contributed by atoms with Gasteiger partial charge in [0.25, 0.3) is 5.91 Å². The van der Waals surface area contributed by atoms with Crippen molar-refractivity contribution in [2.24, 2.45) is 0 Å². The average molecular weight is 445 g/mol. The van der Waals surface area contributed by atoms with Crippen molar-refractivity contribution < 1.29 is 32.0 Å². The molecule has 0 aliphatic carbocycles. The molecule has 1 fully saturated rings. The first-order valence-corrected chi connectivity index (χ1v) is 9.59. The minimum absolute atomic E-state index is 0.188. The van der Waals surface area contributed by atoms with Gasteiger partial charge in [0, 0.05) is 24.3 Å². The number of hydrogen-bond donors (Lipinski definition) is 1. The predicted octanol–water partition coefficient (Wildman–Crippen LogP) is 2.22. The van der Waals surface area contributed by atoms with Gasteiger partial charge in [-0.1, -0.05) is 17.3 Å². The number of alkyl halides is 4. The van der Waals surface area contributed by atoms with Gasteiger partial charge in [-0.2, -0.15) is 18.2 Å². The number of amides is 2. The summed E-state index contributed by atoms with van der Waals surface area (Å²) >= 11 is 5.57. The summed E-state index contributed by atoms with van der Waals surface area (Å²) in [6, 6.07) is 3.91. The van der Waals surface area contributed by atoms with Crippen LogP contribution in [0.3, 0.4) is 0 Å². The van der Waals surface area contributed by atoms with Gasteiger partial charge in [-0.3, -0.25) is 9.59 Å². The molecule has 2 aliphatic heterocycles. The summed E-state index contributed by atoms with van der Waals surface area (Å²) < 4.78 is 47.9. The summed E-state index contributed by atoms with van der Waals surface area (Å²) in [7, 11) is 0. The maximum absolute atomic E-state index is 13.0. The Balaban J connectivity index is 1.57. The van der Waals surface area contributed by atoms with Gasteiger partial charge < -0.3 is 19.5 Å². The van der Waals surface area contributed by atoms with Crippen molar-refractivity contribution in [1.82, 2.24) is 20.4 Å². The molecule has 0 unspecified atom stereocenters. The molecule has 160 valence electrons. The molecule has 12 heteroatoms. The Morgan fingerprint density at radius 1 is 1.37 bits per heavy atom. The lowest BCUT2D eigenvalue weighted by atomic mass is 10.0. The molecule has 2 aliphatic rings. The fourth-order valence-corrected chi connectivity index (χ4v) is 3.71. The highest BCUT2D eigenvalue weighted by Crippen LogP contribution is 2.33. The van der Waals surface area contributed by atoms with E-state index in [1.807, 2.05) is 0 Å². The van der Waals surface area contributed by atoms with Crippen LogP contribution in [0.25, 0.3) is 11.4 Å². The quantitative estimate of drug-likeness (QED) is 0.726. The molecule has 1 saturated heterocycles. The van der Waals surface area contributed by atoms with Crippen molar-refractivity contribution in [1.29, 1.82) is 0 Å². The van der Waals surface area contributed by atoms with E-state index < -0.39 is 18.1 Å². The van der Waals surface area contributed by atoms with Crippen LogP contribution in [0.5, 0.6) is 0 Å². The molecule has 30 heavy (non-hydrogen) atoms. The number of halogens is 4. The average Bonchev–Trinajstić information content (AvgIpc) is 3.34. The third kappa shape index (κ3) is 3.86. The van der Waals surface area contributed by atoms with Crippen molar-refractivity contribution in [3.63, 3.8) is 0 Å². The minimum atomic E-state index is -4.75. The van der Waals surface area contributed by atoms with E-state index in [-0.39, 0.29) is 48.3 Å². The molecule has 0 radical (unpaired) electrons. The van der Waals surface area contributed by atoms with Crippen molar-refractivity contribution in [2.75, 3.05) is 19.1 Å². The molecule has 8 nitrogen and oxygen atoms in total. The lowest BCUT2D eigenvalue weighted by Gasteiger charge is -2.37. The zero-order valence-electron chi connectivity index (χ0n) is 15.4. The Bertz CT molecular complexity index is 981. The van der Waals surface area contributed by atoms with E-state index in [4.69, 9.17) is 16.3 Å². The number of nitrogens with one attached hydrogen (secondary N) is 1.